The number of hydrogen-bond donors (Lipinski definition) is 0. The van der Waals surface area contributed by atoms with E-state index in [9.17, 15) is 0 Å². The minimum Gasteiger partial charge on any atom is -0.436 e. The first-order valence-corrected chi connectivity index (χ1v) is 18.3. The lowest BCUT2D eigenvalue weighted by Gasteiger charge is -2.26. The summed E-state index contributed by atoms with van der Waals surface area (Å²) in [6.07, 6.45) is 0. The van der Waals surface area contributed by atoms with Gasteiger partial charge in [-0.1, -0.05) is 146 Å². The molecule has 3 nitrogen and oxygen atoms in total. The Morgan fingerprint density at radius 2 is 0.889 bits per heavy atom. The summed E-state index contributed by atoms with van der Waals surface area (Å²) in [4.78, 5) is 7.29. The fraction of sp³-hybridized carbons (Fsp3) is 0. The van der Waals surface area contributed by atoms with Gasteiger partial charge in [0.05, 0.1) is 0 Å². The molecule has 0 saturated carbocycles. The van der Waals surface area contributed by atoms with Gasteiger partial charge in [0.15, 0.2) is 5.58 Å². The van der Waals surface area contributed by atoms with Crippen LogP contribution in [-0.2, 0) is 0 Å². The van der Waals surface area contributed by atoms with E-state index in [1.807, 2.05) is 30.3 Å². The summed E-state index contributed by atoms with van der Waals surface area (Å²) in [6, 6.07) is 73.0. The molecule has 254 valence electrons. The second-order valence-electron chi connectivity index (χ2n) is 13.6. The van der Waals surface area contributed by atoms with Crippen LogP contribution in [0.15, 0.2) is 211 Å². The molecule has 1 heterocycles. The Morgan fingerprint density at radius 1 is 0.352 bits per heavy atom. The van der Waals surface area contributed by atoms with Crippen LogP contribution in [0.3, 0.4) is 0 Å². The summed E-state index contributed by atoms with van der Waals surface area (Å²) < 4.78 is 6.39. The van der Waals surface area contributed by atoms with Crippen molar-refractivity contribution < 1.29 is 4.42 Å². The van der Waals surface area contributed by atoms with Crippen LogP contribution < -0.4 is 4.90 Å². The van der Waals surface area contributed by atoms with Crippen LogP contribution in [0.5, 0.6) is 0 Å². The summed E-state index contributed by atoms with van der Waals surface area (Å²) in [5.74, 6) is 0.632. The fourth-order valence-corrected chi connectivity index (χ4v) is 7.57. The largest absolute Gasteiger partial charge is 0.436 e. The maximum atomic E-state index is 6.39. The molecule has 0 atom stereocenters. The van der Waals surface area contributed by atoms with Crippen molar-refractivity contribution in [2.75, 3.05) is 4.90 Å². The molecule has 0 unspecified atom stereocenters. The van der Waals surface area contributed by atoms with Crippen LogP contribution in [0, 0.1) is 0 Å². The van der Waals surface area contributed by atoms with Crippen molar-refractivity contribution in [3.8, 4) is 44.8 Å². The molecule has 0 N–H and O–H groups in total. The predicted molar refractivity (Wildman–Crippen MR) is 225 cm³/mol. The van der Waals surface area contributed by atoms with E-state index in [1.54, 1.807) is 0 Å². The average molecular weight is 691 g/mol. The smallest absolute Gasteiger partial charge is 0.227 e. The van der Waals surface area contributed by atoms with E-state index in [0.29, 0.717) is 5.89 Å². The number of fused-ring (bicyclic) bond motifs is 4. The molecule has 0 fully saturated rings. The van der Waals surface area contributed by atoms with Crippen LogP contribution in [0.4, 0.5) is 17.1 Å². The van der Waals surface area contributed by atoms with E-state index in [1.165, 1.54) is 27.6 Å². The summed E-state index contributed by atoms with van der Waals surface area (Å²) in [5, 5.41) is 4.56. The van der Waals surface area contributed by atoms with Crippen molar-refractivity contribution in [3.05, 3.63) is 206 Å². The van der Waals surface area contributed by atoms with Crippen molar-refractivity contribution in [3.63, 3.8) is 0 Å². The normalized spacial score (nSPS) is 11.3. The summed E-state index contributed by atoms with van der Waals surface area (Å²) >= 11 is 0. The van der Waals surface area contributed by atoms with Gasteiger partial charge in [0.25, 0.3) is 0 Å². The molecule has 0 amide bonds. The monoisotopic (exact) mass is 690 g/mol. The third-order valence-corrected chi connectivity index (χ3v) is 10.3. The van der Waals surface area contributed by atoms with Crippen LogP contribution in [0.25, 0.3) is 77.5 Å². The van der Waals surface area contributed by atoms with Gasteiger partial charge in [-0.3, -0.25) is 0 Å². The van der Waals surface area contributed by atoms with Gasteiger partial charge < -0.3 is 9.32 Å². The molecule has 9 aromatic carbocycles. The average Bonchev–Trinajstić information content (AvgIpc) is 3.70. The van der Waals surface area contributed by atoms with Crippen LogP contribution in [-0.4, -0.2) is 4.98 Å². The van der Waals surface area contributed by atoms with Crippen molar-refractivity contribution >= 4 is 49.7 Å². The van der Waals surface area contributed by atoms with Gasteiger partial charge in [0.2, 0.25) is 5.89 Å². The molecule has 10 aromatic rings. The Kier molecular flexibility index (Phi) is 7.81. The minimum atomic E-state index is 0.632. The van der Waals surface area contributed by atoms with Crippen LogP contribution in [0.2, 0.25) is 0 Å². The number of anilines is 3. The quantitative estimate of drug-likeness (QED) is 0.167. The Morgan fingerprint density at radius 3 is 1.63 bits per heavy atom. The topological polar surface area (TPSA) is 29.3 Å². The minimum absolute atomic E-state index is 0.632. The van der Waals surface area contributed by atoms with E-state index in [-0.39, 0.29) is 0 Å². The van der Waals surface area contributed by atoms with Crippen molar-refractivity contribution in [1.82, 2.24) is 4.98 Å². The lowest BCUT2D eigenvalue weighted by molar-refractivity contribution is 0.620. The Bertz CT molecular complexity index is 2920. The Labute approximate surface area is 314 Å². The highest BCUT2D eigenvalue weighted by atomic mass is 16.3. The highest BCUT2D eigenvalue weighted by Crippen LogP contribution is 2.41. The maximum Gasteiger partial charge on any atom is 0.227 e. The fourth-order valence-electron chi connectivity index (χ4n) is 7.57. The van der Waals surface area contributed by atoms with E-state index in [4.69, 9.17) is 9.40 Å². The summed E-state index contributed by atoms with van der Waals surface area (Å²) in [7, 11) is 0. The van der Waals surface area contributed by atoms with Gasteiger partial charge in [0.1, 0.15) is 5.52 Å². The van der Waals surface area contributed by atoms with Crippen LogP contribution in [0.1, 0.15) is 0 Å². The maximum absolute atomic E-state index is 6.39. The molecule has 3 heteroatoms. The number of hydrogen-bond acceptors (Lipinski definition) is 3. The van der Waals surface area contributed by atoms with Crippen LogP contribution >= 0.6 is 0 Å². The number of rotatable bonds is 7. The van der Waals surface area contributed by atoms with E-state index in [2.05, 4.69) is 181 Å². The Balaban J connectivity index is 1.07. The number of aromatic nitrogens is 1. The molecule has 0 saturated heterocycles. The molecule has 0 aliphatic carbocycles. The lowest BCUT2D eigenvalue weighted by atomic mass is 9.95. The summed E-state index contributed by atoms with van der Waals surface area (Å²) in [5.41, 5.74) is 12.9. The molecule has 1 aromatic heterocycles. The number of nitrogens with zero attached hydrogens (tertiary/aromatic N) is 2. The second-order valence-corrected chi connectivity index (χ2v) is 13.6. The molecule has 0 spiro atoms. The third-order valence-electron chi connectivity index (χ3n) is 10.3. The van der Waals surface area contributed by atoms with Gasteiger partial charge >= 0.3 is 0 Å². The standard InChI is InChI=1S/C51H34N2O/c1-4-13-35(14-5-1)37-25-28-43(29-26-37)53(44-20-12-19-39(32-44)36-15-6-2-7-16-36)45-30-27-40-31-42(24-23-41(40)33-45)48-34-49-50(47-22-11-10-21-46(47)48)52-51(54-49)38-17-8-3-9-18-38/h1-34H. The van der Waals surface area contributed by atoms with Gasteiger partial charge in [0, 0.05) is 28.0 Å². The summed E-state index contributed by atoms with van der Waals surface area (Å²) in [6.45, 7) is 0. The first kappa shape index (κ1) is 31.5. The number of benzene rings is 9. The molecular formula is C51H34N2O. The Hall–Kier alpha value is -7.23. The molecule has 54 heavy (non-hydrogen) atoms. The molecule has 0 aliphatic rings. The molecule has 0 aliphatic heterocycles. The third kappa shape index (κ3) is 5.78. The van der Waals surface area contributed by atoms with E-state index < -0.39 is 0 Å². The highest BCUT2D eigenvalue weighted by Gasteiger charge is 2.17. The molecular weight excluding hydrogens is 657 g/mol. The van der Waals surface area contributed by atoms with E-state index >= 15 is 0 Å². The van der Waals surface area contributed by atoms with Gasteiger partial charge in [-0.15, -0.1) is 0 Å². The highest BCUT2D eigenvalue weighted by molar-refractivity contribution is 6.12. The zero-order valence-electron chi connectivity index (χ0n) is 29.4. The van der Waals surface area contributed by atoms with Crippen molar-refractivity contribution in [2.24, 2.45) is 0 Å². The number of oxazole rings is 1. The lowest BCUT2D eigenvalue weighted by Crippen LogP contribution is -2.10. The zero-order chi connectivity index (χ0) is 35.8. The van der Waals surface area contributed by atoms with Crippen molar-refractivity contribution in [2.45, 2.75) is 0 Å². The van der Waals surface area contributed by atoms with Gasteiger partial charge in [-0.05, 0) is 110 Å². The SMILES string of the molecule is c1ccc(-c2ccc(N(c3cccc(-c4ccccc4)c3)c3ccc4cc(-c5cc6oc(-c7ccccc7)nc6c6ccccc56)ccc4c3)cc2)cc1. The van der Waals surface area contributed by atoms with Gasteiger partial charge in [-0.2, -0.15) is 0 Å². The molecule has 0 bridgehead atoms. The molecule has 10 rings (SSSR count). The zero-order valence-corrected chi connectivity index (χ0v) is 29.4. The van der Waals surface area contributed by atoms with Crippen molar-refractivity contribution in [1.29, 1.82) is 0 Å². The second kappa shape index (κ2) is 13.4. The molecule has 0 radical (unpaired) electrons. The first-order valence-electron chi connectivity index (χ1n) is 18.3. The first-order chi connectivity index (χ1) is 26.7. The predicted octanol–water partition coefficient (Wildman–Crippen LogP) is 14.3. The van der Waals surface area contributed by atoms with Gasteiger partial charge in [-0.25, -0.2) is 4.98 Å². The van der Waals surface area contributed by atoms with E-state index in [0.717, 1.165) is 61.0 Å².